The van der Waals surface area contributed by atoms with E-state index in [0.29, 0.717) is 12.5 Å². The van der Waals surface area contributed by atoms with Gasteiger partial charge in [0.1, 0.15) is 18.3 Å². The minimum atomic E-state index is -0.540. The monoisotopic (exact) mass is 422 g/mol. The molecule has 152 valence electrons. The van der Waals surface area contributed by atoms with Gasteiger partial charge in [-0.2, -0.15) is 0 Å². The van der Waals surface area contributed by atoms with E-state index in [9.17, 15) is 0 Å². The highest BCUT2D eigenvalue weighted by Gasteiger charge is 2.23. The molecular weight excluding hydrogens is 399 g/mol. The van der Waals surface area contributed by atoms with Crippen LogP contribution in [0.5, 0.6) is 0 Å². The Morgan fingerprint density at radius 2 is 1.32 bits per heavy atom. The van der Waals surface area contributed by atoms with Crippen LogP contribution < -0.4 is 10.6 Å². The fourth-order valence-electron chi connectivity index (χ4n) is 3.76. The van der Waals surface area contributed by atoms with Crippen LogP contribution in [0, 0.1) is 0 Å². The second kappa shape index (κ2) is 9.24. The third kappa shape index (κ3) is 4.57. The molecule has 0 aliphatic carbocycles. The van der Waals surface area contributed by atoms with Crippen molar-refractivity contribution in [1.82, 2.24) is 4.98 Å². The molecule has 4 heteroatoms. The molecule has 1 aliphatic rings. The summed E-state index contributed by atoms with van der Waals surface area (Å²) >= 11 is 0. The largest absolute Gasteiger partial charge is 0.474 e. The van der Waals surface area contributed by atoms with Gasteiger partial charge in [0.05, 0.1) is 0 Å². The van der Waals surface area contributed by atoms with E-state index in [4.69, 9.17) is 14.7 Å². The molecule has 0 bridgehead atoms. The summed E-state index contributed by atoms with van der Waals surface area (Å²) in [5, 5.41) is 2.71. The van der Waals surface area contributed by atoms with E-state index >= 15 is 0 Å². The lowest BCUT2D eigenvalue weighted by Gasteiger charge is -2.18. The minimum Gasteiger partial charge on any atom is -0.474 e. The summed E-state index contributed by atoms with van der Waals surface area (Å²) in [6.45, 7) is 0.562. The number of aliphatic imine (C=N–C) groups is 1. The highest BCUT2D eigenvalue weighted by Crippen LogP contribution is 2.37. The number of pyridine rings is 1. The SMILES string of the molecule is c1ccc([C@H]2COC(c3cccc(CP(c4ccccc4)c4ccccc4)n3)=N2)cc1. The Balaban J connectivity index is 1.42. The van der Waals surface area contributed by atoms with E-state index in [1.54, 1.807) is 0 Å². The summed E-state index contributed by atoms with van der Waals surface area (Å²) in [5.74, 6) is 0.638. The summed E-state index contributed by atoms with van der Waals surface area (Å²) in [6, 6.07) is 37.9. The van der Waals surface area contributed by atoms with Gasteiger partial charge < -0.3 is 4.74 Å². The van der Waals surface area contributed by atoms with E-state index in [1.165, 1.54) is 16.2 Å². The summed E-state index contributed by atoms with van der Waals surface area (Å²) in [6.07, 6.45) is 0.882. The van der Waals surface area contributed by atoms with E-state index < -0.39 is 7.92 Å². The topological polar surface area (TPSA) is 34.5 Å². The van der Waals surface area contributed by atoms with Crippen molar-refractivity contribution >= 4 is 24.4 Å². The van der Waals surface area contributed by atoms with Crippen LogP contribution >= 0.6 is 7.92 Å². The maximum absolute atomic E-state index is 5.93. The maximum atomic E-state index is 5.93. The van der Waals surface area contributed by atoms with Gasteiger partial charge in [0.25, 0.3) is 0 Å². The van der Waals surface area contributed by atoms with Gasteiger partial charge in [-0.1, -0.05) is 97.1 Å². The Bertz CT molecular complexity index is 1120. The quantitative estimate of drug-likeness (QED) is 0.399. The molecule has 0 fully saturated rings. The maximum Gasteiger partial charge on any atom is 0.236 e. The molecule has 0 saturated carbocycles. The third-order valence-corrected chi connectivity index (χ3v) is 7.80. The van der Waals surface area contributed by atoms with Crippen LogP contribution in [0.25, 0.3) is 0 Å². The molecule has 0 unspecified atom stereocenters. The minimum absolute atomic E-state index is 0.0346. The molecule has 0 amide bonds. The predicted octanol–water partition coefficient (Wildman–Crippen LogP) is 5.23. The lowest BCUT2D eigenvalue weighted by molar-refractivity contribution is 0.319. The average Bonchev–Trinajstić information content (AvgIpc) is 3.35. The number of aromatic nitrogens is 1. The van der Waals surface area contributed by atoms with Crippen LogP contribution in [0.1, 0.15) is 23.0 Å². The van der Waals surface area contributed by atoms with Crippen molar-refractivity contribution in [1.29, 1.82) is 0 Å². The van der Waals surface area contributed by atoms with Gasteiger partial charge in [0.2, 0.25) is 5.90 Å². The Kier molecular flexibility index (Phi) is 5.86. The summed E-state index contributed by atoms with van der Waals surface area (Å²) in [4.78, 5) is 9.74. The normalized spacial score (nSPS) is 15.5. The van der Waals surface area contributed by atoms with Gasteiger partial charge in [-0.05, 0) is 36.2 Å². The van der Waals surface area contributed by atoms with Crippen molar-refractivity contribution in [3.63, 3.8) is 0 Å². The summed E-state index contributed by atoms with van der Waals surface area (Å²) < 4.78 is 5.93. The van der Waals surface area contributed by atoms with Gasteiger partial charge in [0, 0.05) is 11.9 Å². The van der Waals surface area contributed by atoms with Crippen molar-refractivity contribution in [2.75, 3.05) is 6.61 Å². The van der Waals surface area contributed by atoms with Crippen LogP contribution in [-0.4, -0.2) is 17.5 Å². The molecular formula is C27H23N2OP. The first kappa shape index (κ1) is 19.7. The molecule has 31 heavy (non-hydrogen) atoms. The van der Waals surface area contributed by atoms with E-state index in [0.717, 1.165) is 17.5 Å². The number of nitrogens with zero attached hydrogens (tertiary/aromatic N) is 2. The molecule has 0 radical (unpaired) electrons. The second-order valence-corrected chi connectivity index (χ2v) is 9.65. The Hall–Kier alpha value is -3.29. The average molecular weight is 422 g/mol. The summed E-state index contributed by atoms with van der Waals surface area (Å²) in [5.41, 5.74) is 3.04. The van der Waals surface area contributed by atoms with Crippen molar-refractivity contribution in [3.05, 3.63) is 126 Å². The highest BCUT2D eigenvalue weighted by molar-refractivity contribution is 7.72. The fraction of sp³-hybridized carbons (Fsp3) is 0.111. The number of rotatable bonds is 6. The Morgan fingerprint density at radius 3 is 1.97 bits per heavy atom. The Labute approximate surface area is 184 Å². The number of benzene rings is 3. The summed E-state index contributed by atoms with van der Waals surface area (Å²) in [7, 11) is -0.540. The van der Waals surface area contributed by atoms with Gasteiger partial charge in [-0.3, -0.25) is 0 Å². The molecule has 3 aromatic carbocycles. The van der Waals surface area contributed by atoms with Crippen LogP contribution in [0.3, 0.4) is 0 Å². The molecule has 0 spiro atoms. The first-order valence-electron chi connectivity index (χ1n) is 10.5. The zero-order valence-corrected chi connectivity index (χ0v) is 18.0. The zero-order valence-electron chi connectivity index (χ0n) is 17.1. The lowest BCUT2D eigenvalue weighted by atomic mass is 10.1. The van der Waals surface area contributed by atoms with Crippen LogP contribution in [0.2, 0.25) is 0 Å². The molecule has 0 N–H and O–H groups in total. The molecule has 1 aliphatic heterocycles. The fourth-order valence-corrected chi connectivity index (χ4v) is 5.98. The standard InChI is InChI=1S/C27H23N2OP/c1-4-11-21(12-5-1)26-19-30-27(29-26)25-18-10-13-22(28-25)20-31(23-14-6-2-7-15-23)24-16-8-3-9-17-24/h1-18,26H,19-20H2/t26-/m1/s1. The van der Waals surface area contributed by atoms with Crippen LogP contribution in [0.4, 0.5) is 0 Å². The van der Waals surface area contributed by atoms with Crippen molar-refractivity contribution in [3.8, 4) is 0 Å². The lowest BCUT2D eigenvalue weighted by Crippen LogP contribution is -2.14. The molecule has 4 aromatic rings. The van der Waals surface area contributed by atoms with E-state index in [-0.39, 0.29) is 6.04 Å². The van der Waals surface area contributed by atoms with Crippen molar-refractivity contribution in [2.24, 2.45) is 4.99 Å². The molecule has 0 saturated heterocycles. The van der Waals surface area contributed by atoms with Crippen molar-refractivity contribution < 1.29 is 4.74 Å². The zero-order chi connectivity index (χ0) is 20.9. The van der Waals surface area contributed by atoms with E-state index in [1.807, 2.05) is 24.3 Å². The third-order valence-electron chi connectivity index (χ3n) is 5.32. The van der Waals surface area contributed by atoms with Gasteiger partial charge in [-0.25, -0.2) is 9.98 Å². The molecule has 2 heterocycles. The van der Waals surface area contributed by atoms with Gasteiger partial charge in [-0.15, -0.1) is 0 Å². The number of ether oxygens (including phenoxy) is 1. The van der Waals surface area contributed by atoms with Gasteiger partial charge >= 0.3 is 0 Å². The second-order valence-electron chi connectivity index (χ2n) is 7.44. The highest BCUT2D eigenvalue weighted by atomic mass is 31.1. The number of hydrogen-bond acceptors (Lipinski definition) is 3. The molecule has 1 aromatic heterocycles. The molecule has 3 nitrogen and oxygen atoms in total. The molecule has 1 atom stereocenters. The Morgan fingerprint density at radius 1 is 0.710 bits per heavy atom. The van der Waals surface area contributed by atoms with E-state index in [2.05, 4.69) is 84.9 Å². The van der Waals surface area contributed by atoms with Crippen molar-refractivity contribution in [2.45, 2.75) is 12.2 Å². The first-order chi connectivity index (χ1) is 15.4. The predicted molar refractivity (Wildman–Crippen MR) is 129 cm³/mol. The van der Waals surface area contributed by atoms with Crippen LogP contribution in [-0.2, 0) is 10.9 Å². The van der Waals surface area contributed by atoms with Crippen LogP contribution in [0.15, 0.2) is 114 Å². The molecule has 5 rings (SSSR count). The first-order valence-corrected chi connectivity index (χ1v) is 12.0. The van der Waals surface area contributed by atoms with Gasteiger partial charge in [0.15, 0.2) is 0 Å². The smallest absolute Gasteiger partial charge is 0.236 e. The number of hydrogen-bond donors (Lipinski definition) is 0.